The summed E-state index contributed by atoms with van der Waals surface area (Å²) in [6.07, 6.45) is -5.18. The minimum atomic E-state index is -5.18. The molecule has 2 aromatic rings. The van der Waals surface area contributed by atoms with Crippen LogP contribution in [0.4, 0.5) is 24.5 Å². The molecule has 9 heteroatoms. The van der Waals surface area contributed by atoms with E-state index in [1.165, 1.54) is 6.07 Å². The van der Waals surface area contributed by atoms with Crippen molar-refractivity contribution in [2.75, 3.05) is 43.0 Å². The molecule has 0 saturated carbocycles. The Bertz CT molecular complexity index is 1040. The standard InChI is InChI=1S/C25H30F3N3O3/c1-24(2,3)20-19(30-14-12-29(4)13-15-30)11-10-18(22(32)33)21(20)31(23(34)25(26,27)28)16-17-8-6-5-7-9-17/h5-11H,12-16H2,1-4H3,(H,32,33). The van der Waals surface area contributed by atoms with E-state index in [9.17, 15) is 27.9 Å². The van der Waals surface area contributed by atoms with Crippen LogP contribution in [0, 0.1) is 0 Å². The van der Waals surface area contributed by atoms with Gasteiger partial charge in [-0.2, -0.15) is 13.2 Å². The number of carboxylic acids is 1. The molecule has 0 aromatic heterocycles. The Kier molecular flexibility index (Phi) is 7.26. The van der Waals surface area contributed by atoms with Gasteiger partial charge in [-0.1, -0.05) is 51.1 Å². The average molecular weight is 478 g/mol. The van der Waals surface area contributed by atoms with Crippen molar-refractivity contribution in [3.05, 3.63) is 59.2 Å². The molecule has 1 fully saturated rings. The number of carbonyl (C=O) groups is 2. The first-order valence-electron chi connectivity index (χ1n) is 11.1. The lowest BCUT2D eigenvalue weighted by atomic mass is 9.82. The van der Waals surface area contributed by atoms with Gasteiger partial charge in [0.2, 0.25) is 0 Å². The number of carbonyl (C=O) groups excluding carboxylic acids is 1. The van der Waals surface area contributed by atoms with Crippen LogP contribution < -0.4 is 9.80 Å². The molecule has 1 aliphatic heterocycles. The summed E-state index contributed by atoms with van der Waals surface area (Å²) in [6.45, 7) is 7.83. The first kappa shape index (κ1) is 25.6. The van der Waals surface area contributed by atoms with Crippen molar-refractivity contribution in [1.29, 1.82) is 0 Å². The van der Waals surface area contributed by atoms with Gasteiger partial charge in [-0.05, 0) is 30.2 Å². The summed E-state index contributed by atoms with van der Waals surface area (Å²) in [4.78, 5) is 29.7. The maximum atomic E-state index is 13.8. The molecule has 3 rings (SSSR count). The summed E-state index contributed by atoms with van der Waals surface area (Å²) in [5.41, 5.74) is 0.222. The lowest BCUT2D eigenvalue weighted by molar-refractivity contribution is -0.170. The lowest BCUT2D eigenvalue weighted by Crippen LogP contribution is -2.46. The zero-order chi connectivity index (χ0) is 25.3. The molecule has 0 spiro atoms. The Hall–Kier alpha value is -3.07. The molecule has 6 nitrogen and oxygen atoms in total. The van der Waals surface area contributed by atoms with Gasteiger partial charge in [-0.25, -0.2) is 4.79 Å². The van der Waals surface area contributed by atoms with E-state index in [0.717, 1.165) is 13.1 Å². The summed E-state index contributed by atoms with van der Waals surface area (Å²) in [6, 6.07) is 11.2. The minimum Gasteiger partial charge on any atom is -0.478 e. The fourth-order valence-electron chi connectivity index (χ4n) is 4.26. The largest absolute Gasteiger partial charge is 0.478 e. The maximum Gasteiger partial charge on any atom is 0.471 e. The summed E-state index contributed by atoms with van der Waals surface area (Å²) in [5, 5.41) is 9.95. The number of aromatic carboxylic acids is 1. The lowest BCUT2D eigenvalue weighted by Gasteiger charge is -2.40. The fourth-order valence-corrected chi connectivity index (χ4v) is 4.26. The number of hydrogen-bond acceptors (Lipinski definition) is 4. The third-order valence-electron chi connectivity index (χ3n) is 5.92. The number of carboxylic acid groups (broad SMARTS) is 1. The Morgan fingerprint density at radius 2 is 1.56 bits per heavy atom. The zero-order valence-electron chi connectivity index (χ0n) is 19.8. The summed E-state index contributed by atoms with van der Waals surface area (Å²) < 4.78 is 41.4. The Labute approximate surface area is 197 Å². The molecule has 1 N–H and O–H groups in total. The highest BCUT2D eigenvalue weighted by atomic mass is 19.4. The van der Waals surface area contributed by atoms with Crippen molar-refractivity contribution < 1.29 is 27.9 Å². The predicted molar refractivity (Wildman–Crippen MR) is 125 cm³/mol. The molecule has 1 aliphatic rings. The van der Waals surface area contributed by atoms with Crippen molar-refractivity contribution in [3.63, 3.8) is 0 Å². The highest BCUT2D eigenvalue weighted by Crippen LogP contribution is 2.43. The Balaban J connectivity index is 2.30. The second-order valence-corrected chi connectivity index (χ2v) is 9.58. The average Bonchev–Trinajstić information content (AvgIpc) is 2.76. The van der Waals surface area contributed by atoms with Gasteiger partial charge in [-0.3, -0.25) is 9.69 Å². The van der Waals surface area contributed by atoms with Gasteiger partial charge < -0.3 is 14.9 Å². The molecule has 1 heterocycles. The first-order valence-corrected chi connectivity index (χ1v) is 11.1. The van der Waals surface area contributed by atoms with Crippen LogP contribution >= 0.6 is 0 Å². The Morgan fingerprint density at radius 3 is 2.06 bits per heavy atom. The molecular formula is C25H30F3N3O3. The predicted octanol–water partition coefficient (Wildman–Crippen LogP) is 4.53. The zero-order valence-corrected chi connectivity index (χ0v) is 19.8. The highest BCUT2D eigenvalue weighted by Gasteiger charge is 2.45. The van der Waals surface area contributed by atoms with Crippen molar-refractivity contribution in [2.24, 2.45) is 0 Å². The van der Waals surface area contributed by atoms with Crippen LogP contribution in [0.15, 0.2) is 42.5 Å². The number of anilines is 2. The van der Waals surface area contributed by atoms with Gasteiger partial charge in [0.1, 0.15) is 0 Å². The number of amides is 1. The van der Waals surface area contributed by atoms with Crippen LogP contribution in [0.3, 0.4) is 0 Å². The molecule has 1 amide bonds. The van der Waals surface area contributed by atoms with Gasteiger partial charge in [-0.15, -0.1) is 0 Å². The highest BCUT2D eigenvalue weighted by molar-refractivity contribution is 6.06. The molecule has 1 saturated heterocycles. The fraction of sp³-hybridized carbons (Fsp3) is 0.440. The Morgan fingerprint density at radius 1 is 0.971 bits per heavy atom. The smallest absolute Gasteiger partial charge is 0.471 e. The first-order chi connectivity index (χ1) is 15.8. The van der Waals surface area contributed by atoms with E-state index in [1.54, 1.807) is 36.4 Å². The van der Waals surface area contributed by atoms with Gasteiger partial charge >= 0.3 is 18.1 Å². The van der Waals surface area contributed by atoms with Crippen molar-refractivity contribution in [2.45, 2.75) is 38.9 Å². The number of rotatable bonds is 5. The van der Waals surface area contributed by atoms with Gasteiger partial charge in [0.25, 0.3) is 0 Å². The van der Waals surface area contributed by atoms with Crippen LogP contribution in [0.2, 0.25) is 0 Å². The normalized spacial score (nSPS) is 15.3. The van der Waals surface area contributed by atoms with E-state index in [2.05, 4.69) is 9.80 Å². The summed E-state index contributed by atoms with van der Waals surface area (Å²) in [5.74, 6) is -3.49. The van der Waals surface area contributed by atoms with Gasteiger partial charge in [0.15, 0.2) is 0 Å². The molecule has 0 bridgehead atoms. The summed E-state index contributed by atoms with van der Waals surface area (Å²) >= 11 is 0. The van der Waals surface area contributed by atoms with Crippen molar-refractivity contribution in [3.8, 4) is 0 Å². The number of nitrogens with zero attached hydrogens (tertiary/aromatic N) is 3. The summed E-state index contributed by atoms with van der Waals surface area (Å²) in [7, 11) is 1.99. The quantitative estimate of drug-likeness (QED) is 0.686. The van der Waals surface area contributed by atoms with Crippen molar-refractivity contribution >= 4 is 23.3 Å². The van der Waals surface area contributed by atoms with Gasteiger partial charge in [0.05, 0.1) is 17.8 Å². The SMILES string of the molecule is CN1CCN(c2ccc(C(=O)O)c(N(Cc3ccccc3)C(=O)C(F)(F)F)c2C(C)(C)C)CC1. The molecule has 34 heavy (non-hydrogen) atoms. The molecule has 2 aromatic carbocycles. The van der Waals surface area contributed by atoms with E-state index in [1.807, 2.05) is 27.8 Å². The topological polar surface area (TPSA) is 64.1 Å². The second kappa shape index (κ2) is 9.66. The number of halogens is 3. The van der Waals surface area contributed by atoms with E-state index < -0.39 is 30.0 Å². The van der Waals surface area contributed by atoms with E-state index >= 15 is 0 Å². The molecule has 0 atom stereocenters. The van der Waals surface area contributed by atoms with E-state index in [0.29, 0.717) is 34.8 Å². The van der Waals surface area contributed by atoms with Crippen LogP contribution in [0.25, 0.3) is 0 Å². The molecular weight excluding hydrogens is 447 g/mol. The van der Waals surface area contributed by atoms with Crippen LogP contribution in [-0.2, 0) is 16.8 Å². The number of alkyl halides is 3. The molecule has 184 valence electrons. The van der Waals surface area contributed by atoms with Gasteiger partial charge in [0, 0.05) is 37.4 Å². The second-order valence-electron chi connectivity index (χ2n) is 9.58. The number of likely N-dealkylation sites (N-methyl/N-ethyl adjacent to an activating group) is 1. The van der Waals surface area contributed by atoms with Crippen molar-refractivity contribution in [1.82, 2.24) is 4.90 Å². The van der Waals surface area contributed by atoms with E-state index in [-0.39, 0.29) is 11.3 Å². The van der Waals surface area contributed by atoms with Crippen LogP contribution in [-0.4, -0.2) is 61.3 Å². The molecule has 0 aliphatic carbocycles. The monoisotopic (exact) mass is 477 g/mol. The molecule has 0 radical (unpaired) electrons. The third kappa shape index (κ3) is 5.52. The number of piperazine rings is 1. The number of benzene rings is 2. The minimum absolute atomic E-state index is 0.206. The van der Waals surface area contributed by atoms with Crippen LogP contribution in [0.5, 0.6) is 0 Å². The maximum absolute atomic E-state index is 13.8. The van der Waals surface area contributed by atoms with E-state index in [4.69, 9.17) is 0 Å². The van der Waals surface area contributed by atoms with Crippen LogP contribution in [0.1, 0.15) is 42.3 Å². The number of hydrogen-bond donors (Lipinski definition) is 1. The molecule has 0 unspecified atom stereocenters. The third-order valence-corrected chi connectivity index (χ3v) is 5.92.